The number of aryl methyl sites for hydroxylation is 1. The van der Waals surface area contributed by atoms with Crippen molar-refractivity contribution in [3.05, 3.63) is 28.8 Å². The summed E-state index contributed by atoms with van der Waals surface area (Å²) >= 11 is 5.73. The molecule has 0 spiro atoms. The fourth-order valence-electron chi connectivity index (χ4n) is 0.984. The minimum absolute atomic E-state index is 0.506. The molecule has 1 atom stereocenters. The Bertz CT molecular complexity index is 349. The SMILES string of the molecule is Cc1cc(Cl)ccc1O[C@H](C)C(=O)[O-]. The van der Waals surface area contributed by atoms with Crippen LogP contribution in [0.1, 0.15) is 12.5 Å². The Labute approximate surface area is 87.3 Å². The molecule has 0 aliphatic carbocycles. The average molecular weight is 214 g/mol. The third-order valence-corrected chi connectivity index (χ3v) is 2.01. The summed E-state index contributed by atoms with van der Waals surface area (Å²) in [5.74, 6) is -0.731. The fourth-order valence-corrected chi connectivity index (χ4v) is 1.21. The molecule has 0 aliphatic heterocycles. The fraction of sp³-hybridized carbons (Fsp3) is 0.300. The number of ether oxygens (including phenoxy) is 1. The second kappa shape index (κ2) is 4.33. The molecule has 14 heavy (non-hydrogen) atoms. The molecule has 0 aliphatic rings. The molecule has 1 aromatic rings. The van der Waals surface area contributed by atoms with E-state index in [1.54, 1.807) is 25.1 Å². The molecule has 0 aromatic heterocycles. The van der Waals surface area contributed by atoms with Gasteiger partial charge in [0.05, 0.1) is 5.97 Å². The number of hydrogen-bond acceptors (Lipinski definition) is 3. The highest BCUT2D eigenvalue weighted by Gasteiger charge is 2.06. The van der Waals surface area contributed by atoms with Crippen molar-refractivity contribution < 1.29 is 14.6 Å². The van der Waals surface area contributed by atoms with Gasteiger partial charge in [-0.2, -0.15) is 0 Å². The molecule has 0 heterocycles. The normalized spacial score (nSPS) is 12.2. The highest BCUT2D eigenvalue weighted by atomic mass is 35.5. The van der Waals surface area contributed by atoms with Crippen molar-refractivity contribution in [3.8, 4) is 5.75 Å². The number of hydrogen-bond donors (Lipinski definition) is 0. The summed E-state index contributed by atoms with van der Waals surface area (Å²) in [6.07, 6.45) is -0.963. The molecule has 0 N–H and O–H groups in total. The second-order valence-corrected chi connectivity index (χ2v) is 3.43. The third-order valence-electron chi connectivity index (χ3n) is 1.77. The van der Waals surface area contributed by atoms with E-state index in [9.17, 15) is 9.90 Å². The van der Waals surface area contributed by atoms with Crippen molar-refractivity contribution in [2.24, 2.45) is 0 Å². The van der Waals surface area contributed by atoms with Crippen molar-refractivity contribution in [2.45, 2.75) is 20.0 Å². The first-order chi connectivity index (χ1) is 6.50. The molecule has 0 saturated carbocycles. The topological polar surface area (TPSA) is 49.4 Å². The second-order valence-electron chi connectivity index (χ2n) is 2.99. The first kappa shape index (κ1) is 10.9. The highest BCUT2D eigenvalue weighted by Crippen LogP contribution is 2.22. The van der Waals surface area contributed by atoms with E-state index in [-0.39, 0.29) is 0 Å². The molecule has 1 rings (SSSR count). The maximum Gasteiger partial charge on any atom is 0.135 e. The zero-order chi connectivity index (χ0) is 10.7. The van der Waals surface area contributed by atoms with Gasteiger partial charge in [-0.25, -0.2) is 0 Å². The molecule has 4 heteroatoms. The standard InChI is InChI=1S/C10H11ClO3/c1-6-5-8(11)3-4-9(6)14-7(2)10(12)13/h3-5,7H,1-2H3,(H,12,13)/p-1/t7-/m1/s1. The highest BCUT2D eigenvalue weighted by molar-refractivity contribution is 6.30. The summed E-state index contributed by atoms with van der Waals surface area (Å²) in [6, 6.07) is 4.99. The van der Waals surface area contributed by atoms with E-state index in [2.05, 4.69) is 0 Å². The molecule has 0 saturated heterocycles. The number of carbonyl (C=O) groups is 1. The smallest absolute Gasteiger partial charge is 0.135 e. The van der Waals surface area contributed by atoms with Gasteiger partial charge in [-0.3, -0.25) is 0 Å². The van der Waals surface area contributed by atoms with Crippen LogP contribution in [-0.4, -0.2) is 12.1 Å². The Balaban J connectivity index is 2.82. The third kappa shape index (κ3) is 2.64. The summed E-state index contributed by atoms with van der Waals surface area (Å²) in [5.41, 5.74) is 0.797. The zero-order valence-corrected chi connectivity index (χ0v) is 8.67. The van der Waals surface area contributed by atoms with Gasteiger partial charge in [0.25, 0.3) is 0 Å². The van der Waals surface area contributed by atoms with Gasteiger partial charge in [0.15, 0.2) is 0 Å². The zero-order valence-electron chi connectivity index (χ0n) is 7.91. The summed E-state index contributed by atoms with van der Waals surface area (Å²) in [7, 11) is 0. The number of rotatable bonds is 3. The van der Waals surface area contributed by atoms with Crippen molar-refractivity contribution in [3.63, 3.8) is 0 Å². The molecule has 0 unspecified atom stereocenters. The number of carbonyl (C=O) groups excluding carboxylic acids is 1. The average Bonchev–Trinajstić information content (AvgIpc) is 2.09. The number of carboxylic acids is 1. The van der Waals surface area contributed by atoms with Gasteiger partial charge in [0.2, 0.25) is 0 Å². The van der Waals surface area contributed by atoms with E-state index < -0.39 is 12.1 Å². The van der Waals surface area contributed by atoms with E-state index in [1.165, 1.54) is 6.92 Å². The Kier molecular flexibility index (Phi) is 3.36. The number of aliphatic carboxylic acids is 1. The van der Waals surface area contributed by atoms with Crippen LogP contribution in [0, 0.1) is 6.92 Å². The lowest BCUT2D eigenvalue weighted by molar-refractivity contribution is -0.312. The summed E-state index contributed by atoms with van der Waals surface area (Å²) in [6.45, 7) is 3.21. The maximum atomic E-state index is 10.4. The van der Waals surface area contributed by atoms with Crippen LogP contribution < -0.4 is 9.84 Å². The van der Waals surface area contributed by atoms with Gasteiger partial charge in [0.1, 0.15) is 11.9 Å². The van der Waals surface area contributed by atoms with Gasteiger partial charge >= 0.3 is 0 Å². The van der Waals surface area contributed by atoms with Crippen LogP contribution in [0.25, 0.3) is 0 Å². The maximum absolute atomic E-state index is 10.4. The molecule has 0 amide bonds. The van der Waals surface area contributed by atoms with Crippen LogP contribution in [0.2, 0.25) is 5.02 Å². The van der Waals surface area contributed by atoms with Crippen LogP contribution in [0.15, 0.2) is 18.2 Å². The lowest BCUT2D eigenvalue weighted by Gasteiger charge is -2.16. The lowest BCUT2D eigenvalue weighted by atomic mass is 10.2. The van der Waals surface area contributed by atoms with E-state index >= 15 is 0 Å². The predicted octanol–water partition coefficient (Wildman–Crippen LogP) is 1.17. The Hall–Kier alpha value is -1.22. The minimum atomic E-state index is -1.24. The quantitative estimate of drug-likeness (QED) is 0.757. The first-order valence-electron chi connectivity index (χ1n) is 4.14. The molecule has 1 aromatic carbocycles. The molecule has 76 valence electrons. The summed E-state index contributed by atoms with van der Waals surface area (Å²) < 4.78 is 5.14. The van der Waals surface area contributed by atoms with Gasteiger partial charge in [-0.05, 0) is 37.6 Å². The van der Waals surface area contributed by atoms with E-state index in [0.29, 0.717) is 10.8 Å². The first-order valence-corrected chi connectivity index (χ1v) is 4.52. The molecule has 0 bridgehead atoms. The van der Waals surface area contributed by atoms with E-state index in [0.717, 1.165) is 5.56 Å². The minimum Gasteiger partial charge on any atom is -0.546 e. The summed E-state index contributed by atoms with van der Waals surface area (Å²) in [5, 5.41) is 11.0. The molecular weight excluding hydrogens is 204 g/mol. The molecule has 0 fully saturated rings. The molecular formula is C10H10ClO3-. The number of carboxylic acid groups (broad SMARTS) is 1. The van der Waals surface area contributed by atoms with E-state index in [4.69, 9.17) is 16.3 Å². The van der Waals surface area contributed by atoms with Crippen molar-refractivity contribution in [1.29, 1.82) is 0 Å². The van der Waals surface area contributed by atoms with Gasteiger partial charge in [0, 0.05) is 5.02 Å². The largest absolute Gasteiger partial charge is 0.546 e. The van der Waals surface area contributed by atoms with Crippen LogP contribution in [0.4, 0.5) is 0 Å². The number of halogens is 1. The van der Waals surface area contributed by atoms with Crippen LogP contribution in [0.5, 0.6) is 5.75 Å². The van der Waals surface area contributed by atoms with Gasteiger partial charge in [-0.1, -0.05) is 11.6 Å². The van der Waals surface area contributed by atoms with E-state index in [1.807, 2.05) is 0 Å². The summed E-state index contributed by atoms with van der Waals surface area (Å²) in [4.78, 5) is 10.4. The van der Waals surface area contributed by atoms with Crippen LogP contribution >= 0.6 is 11.6 Å². The monoisotopic (exact) mass is 213 g/mol. The van der Waals surface area contributed by atoms with Crippen LogP contribution in [0.3, 0.4) is 0 Å². The lowest BCUT2D eigenvalue weighted by Crippen LogP contribution is -2.37. The van der Waals surface area contributed by atoms with Crippen molar-refractivity contribution in [1.82, 2.24) is 0 Å². The Morgan fingerprint density at radius 1 is 1.57 bits per heavy atom. The number of benzene rings is 1. The molecule has 0 radical (unpaired) electrons. The Morgan fingerprint density at radius 2 is 2.21 bits per heavy atom. The Morgan fingerprint density at radius 3 is 2.71 bits per heavy atom. The van der Waals surface area contributed by atoms with Crippen molar-refractivity contribution in [2.75, 3.05) is 0 Å². The van der Waals surface area contributed by atoms with Gasteiger partial charge < -0.3 is 14.6 Å². The molecule has 3 nitrogen and oxygen atoms in total. The van der Waals surface area contributed by atoms with Gasteiger partial charge in [-0.15, -0.1) is 0 Å². The van der Waals surface area contributed by atoms with Crippen molar-refractivity contribution >= 4 is 17.6 Å². The predicted molar refractivity (Wildman–Crippen MR) is 51.3 cm³/mol. The van der Waals surface area contributed by atoms with Crippen LogP contribution in [-0.2, 0) is 4.79 Å².